The molecule has 0 aromatic heterocycles. The summed E-state index contributed by atoms with van der Waals surface area (Å²) in [4.78, 5) is 0. The van der Waals surface area contributed by atoms with Gasteiger partial charge in [-0.2, -0.15) is 0 Å². The molecule has 27 heavy (non-hydrogen) atoms. The Balaban J connectivity index is 2.41. The summed E-state index contributed by atoms with van der Waals surface area (Å²) < 4.78 is 1.56. The van der Waals surface area contributed by atoms with Crippen LogP contribution in [0.5, 0.6) is 0 Å². The van der Waals surface area contributed by atoms with Gasteiger partial charge in [-0.1, -0.05) is 0 Å². The van der Waals surface area contributed by atoms with Crippen LogP contribution in [0.25, 0.3) is 0 Å². The van der Waals surface area contributed by atoms with Gasteiger partial charge in [0.05, 0.1) is 0 Å². The molecule has 1 aliphatic rings. The van der Waals surface area contributed by atoms with Crippen LogP contribution in [0.2, 0.25) is 11.6 Å². The minimum absolute atomic E-state index is 0.0939. The molecule has 0 heterocycles. The van der Waals surface area contributed by atoms with Gasteiger partial charge in [0.15, 0.2) is 0 Å². The van der Waals surface area contributed by atoms with Crippen molar-refractivity contribution in [3.8, 4) is 0 Å². The molecular formula is C25H31SiTi. The van der Waals surface area contributed by atoms with Crippen LogP contribution in [0.3, 0.4) is 0 Å². The first-order valence-electron chi connectivity index (χ1n) is 9.80. The molecule has 0 fully saturated rings. The molecule has 1 aliphatic carbocycles. The summed E-state index contributed by atoms with van der Waals surface area (Å²) in [6.07, 6.45) is 0. The van der Waals surface area contributed by atoms with Gasteiger partial charge < -0.3 is 0 Å². The fourth-order valence-corrected chi connectivity index (χ4v) is 11.7. The molecular weight excluding hydrogens is 376 g/mol. The van der Waals surface area contributed by atoms with Crippen molar-refractivity contribution in [3.05, 3.63) is 79.8 Å². The first kappa shape index (κ1) is 20.6. The fraction of sp³-hybridized carbons (Fsp3) is 0.360. The van der Waals surface area contributed by atoms with Gasteiger partial charge in [0.1, 0.15) is 0 Å². The third kappa shape index (κ3) is 2.99. The van der Waals surface area contributed by atoms with E-state index in [0.717, 1.165) is 0 Å². The van der Waals surface area contributed by atoms with E-state index in [4.69, 9.17) is 0 Å². The molecule has 0 spiro atoms. The monoisotopic (exact) mass is 407 g/mol. The summed E-state index contributed by atoms with van der Waals surface area (Å²) in [5.74, 6) is 0. The third-order valence-corrected chi connectivity index (χ3v) is 14.5. The van der Waals surface area contributed by atoms with Crippen LogP contribution in [-0.2, 0) is 20.4 Å². The Bertz CT molecular complexity index is 918. The van der Waals surface area contributed by atoms with Crippen molar-refractivity contribution >= 4 is 18.4 Å². The normalized spacial score (nSPS) is 22.3. The molecule has 3 rings (SSSR count). The van der Waals surface area contributed by atoms with E-state index in [1.807, 2.05) is 0 Å². The molecule has 0 saturated carbocycles. The molecule has 0 N–H and O–H groups in total. The molecule has 2 atom stereocenters. The Hall–Kier alpha value is -1.15. The number of hydrogen-bond donors (Lipinski definition) is 0. The van der Waals surface area contributed by atoms with Crippen molar-refractivity contribution in [1.29, 1.82) is 0 Å². The number of hydrogen-bond acceptors (Lipinski definition) is 0. The van der Waals surface area contributed by atoms with Gasteiger partial charge in [0, 0.05) is 0 Å². The van der Waals surface area contributed by atoms with Crippen molar-refractivity contribution in [2.45, 2.75) is 60.1 Å². The molecule has 139 valence electrons. The van der Waals surface area contributed by atoms with Gasteiger partial charge in [0.25, 0.3) is 0 Å². The maximum absolute atomic E-state index is 2.59. The Morgan fingerprint density at radius 3 is 1.67 bits per heavy atom. The predicted molar refractivity (Wildman–Crippen MR) is 117 cm³/mol. The van der Waals surface area contributed by atoms with Gasteiger partial charge in [-0.3, -0.25) is 0 Å². The number of benzene rings is 2. The fourth-order valence-electron chi connectivity index (χ4n) is 4.93. The Morgan fingerprint density at radius 1 is 0.704 bits per heavy atom. The van der Waals surface area contributed by atoms with E-state index in [1.54, 1.807) is 14.6 Å². The minimum atomic E-state index is -2.10. The zero-order valence-corrected chi connectivity index (χ0v) is 20.6. The van der Waals surface area contributed by atoms with Crippen molar-refractivity contribution in [3.63, 3.8) is 0 Å². The Morgan fingerprint density at radius 2 is 1.22 bits per heavy atom. The van der Waals surface area contributed by atoms with Gasteiger partial charge >= 0.3 is 179 Å². The zero-order valence-electron chi connectivity index (χ0n) is 18.0. The molecule has 2 heteroatoms. The Labute approximate surface area is 178 Å². The van der Waals surface area contributed by atoms with Crippen LogP contribution in [0, 0.1) is 20.8 Å². The number of aryl methyl sites for hydroxylation is 3. The van der Waals surface area contributed by atoms with Crippen LogP contribution in [-0.4, -0.2) is 8.07 Å². The van der Waals surface area contributed by atoms with Crippen LogP contribution in [0.4, 0.5) is 0 Å². The van der Waals surface area contributed by atoms with E-state index >= 15 is 0 Å². The maximum atomic E-state index is 2.59. The van der Waals surface area contributed by atoms with Crippen molar-refractivity contribution in [1.82, 2.24) is 0 Å². The molecule has 2 aromatic rings. The van der Waals surface area contributed by atoms with E-state index in [9.17, 15) is 0 Å². The van der Waals surface area contributed by atoms with E-state index in [0.29, 0.717) is 0 Å². The van der Waals surface area contributed by atoms with Crippen molar-refractivity contribution < 1.29 is 20.4 Å². The second kappa shape index (κ2) is 7.03. The van der Waals surface area contributed by atoms with E-state index in [1.165, 1.54) is 33.0 Å². The second-order valence-corrected chi connectivity index (χ2v) is 13.9. The van der Waals surface area contributed by atoms with Crippen molar-refractivity contribution in [2.24, 2.45) is 0 Å². The average molecular weight is 407 g/mol. The van der Waals surface area contributed by atoms with Gasteiger partial charge in [-0.15, -0.1) is 0 Å². The molecule has 0 bridgehead atoms. The van der Waals surface area contributed by atoms with Gasteiger partial charge in [-0.25, -0.2) is 0 Å². The van der Waals surface area contributed by atoms with Crippen LogP contribution < -0.4 is 10.4 Å². The topological polar surface area (TPSA) is 0 Å². The molecule has 0 aliphatic heterocycles. The first-order chi connectivity index (χ1) is 12.5. The third-order valence-electron chi connectivity index (χ3n) is 7.18. The molecule has 0 amide bonds. The van der Waals surface area contributed by atoms with Gasteiger partial charge in [0.2, 0.25) is 0 Å². The predicted octanol–water partition coefficient (Wildman–Crippen LogP) is 5.74. The first-order valence-corrected chi connectivity index (χ1v) is 13.1. The summed E-state index contributed by atoms with van der Waals surface area (Å²) in [7, 11) is -2.10. The summed E-state index contributed by atoms with van der Waals surface area (Å²) >= 11 is 2.37. The second-order valence-electron chi connectivity index (χ2n) is 8.74. The van der Waals surface area contributed by atoms with E-state index in [-0.39, 0.29) is 5.04 Å². The van der Waals surface area contributed by atoms with Crippen LogP contribution >= 0.6 is 0 Å². The molecule has 2 aromatic carbocycles. The molecule has 0 radical (unpaired) electrons. The standard InChI is InChI=1S/C25H31Si.Ti/c1-17-9-11-23(12-10-17)26(8,24-14-18(2)13-19(3)15-24)25(7)16-20(4)21(5)22(25)6;/h9-15H,1-8H3;. The van der Waals surface area contributed by atoms with E-state index < -0.39 is 8.07 Å². The molecule has 0 saturated heterocycles. The summed E-state index contributed by atoms with van der Waals surface area (Å²) in [5.41, 5.74) is 8.61. The van der Waals surface area contributed by atoms with Gasteiger partial charge in [-0.05, 0) is 0 Å². The average Bonchev–Trinajstić information content (AvgIpc) is 2.77. The van der Waals surface area contributed by atoms with E-state index in [2.05, 4.69) is 118 Å². The summed E-state index contributed by atoms with van der Waals surface area (Å²) in [6, 6.07) is 16.6. The summed E-state index contributed by atoms with van der Waals surface area (Å²) in [5, 5.41) is 3.17. The number of rotatable bonds is 3. The summed E-state index contributed by atoms with van der Waals surface area (Å²) in [6.45, 7) is 18.7. The number of allylic oxidation sites excluding steroid dienone is 4. The van der Waals surface area contributed by atoms with Crippen LogP contribution in [0.1, 0.15) is 44.4 Å². The quantitative estimate of drug-likeness (QED) is 0.570. The van der Waals surface area contributed by atoms with Crippen LogP contribution in [0.15, 0.2) is 63.1 Å². The van der Waals surface area contributed by atoms with Crippen molar-refractivity contribution in [2.75, 3.05) is 0 Å². The molecule has 0 nitrogen and oxygen atoms in total. The molecule has 2 unspecified atom stereocenters. The Kier molecular flexibility index (Phi) is 5.36. The zero-order chi connectivity index (χ0) is 20.1. The SMILES string of the molecule is CC1=C(C)C(C)([Si](C)(c2ccc(C)cc2)c2cc(C)cc(C)c2)[C]([Ti])=C1C.